The molecule has 0 fully saturated rings. The molecule has 1 heterocycles. The van der Waals surface area contributed by atoms with Gasteiger partial charge < -0.3 is 15.3 Å². The van der Waals surface area contributed by atoms with Gasteiger partial charge in [-0.05, 0) is 66.8 Å². The van der Waals surface area contributed by atoms with E-state index in [-0.39, 0.29) is 17.5 Å². The Balaban J connectivity index is 1.54. The predicted molar refractivity (Wildman–Crippen MR) is 127 cm³/mol. The van der Waals surface area contributed by atoms with Crippen LogP contribution < -0.4 is 10.2 Å². The Labute approximate surface area is 192 Å². The maximum atomic E-state index is 13.2. The van der Waals surface area contributed by atoms with Crippen LogP contribution in [0.15, 0.2) is 60.7 Å². The number of rotatable bonds is 6. The number of carboxylic acid groups (broad SMARTS) is 1. The number of anilines is 1. The van der Waals surface area contributed by atoms with Crippen LogP contribution in [0.2, 0.25) is 5.02 Å². The summed E-state index contributed by atoms with van der Waals surface area (Å²) in [5, 5.41) is 12.9. The van der Waals surface area contributed by atoms with Crippen molar-refractivity contribution in [3.05, 3.63) is 99.1 Å². The average Bonchev–Trinajstić information content (AvgIpc) is 3.19. The number of carbonyl (C=O) groups excluding carboxylic acids is 1. The minimum atomic E-state index is -0.969. The highest BCUT2D eigenvalue weighted by molar-refractivity contribution is 6.31. The zero-order chi connectivity index (χ0) is 22.8. The molecule has 1 aliphatic rings. The molecule has 4 rings (SSSR count). The number of aryl methyl sites for hydroxylation is 1. The number of carbonyl (C=O) groups is 2. The summed E-state index contributed by atoms with van der Waals surface area (Å²) >= 11 is 6.31. The number of amides is 1. The number of benzene rings is 3. The molecule has 0 aliphatic carbocycles. The van der Waals surface area contributed by atoms with Gasteiger partial charge in [0.25, 0.3) is 5.91 Å². The largest absolute Gasteiger partial charge is 0.478 e. The van der Waals surface area contributed by atoms with E-state index in [4.69, 9.17) is 16.7 Å². The zero-order valence-electron chi connectivity index (χ0n) is 18.1. The molecule has 0 saturated carbocycles. The number of carboxylic acids is 1. The maximum Gasteiger partial charge on any atom is 0.335 e. The van der Waals surface area contributed by atoms with E-state index in [2.05, 4.69) is 22.3 Å². The SMILES string of the molecule is Cc1ccc(CN2CCc3cccc(C(=O)N[C@@H](C)c4ccc(C(=O)O)cc4)c32)cc1Cl. The van der Waals surface area contributed by atoms with E-state index in [1.54, 1.807) is 24.3 Å². The van der Waals surface area contributed by atoms with Crippen molar-refractivity contribution in [1.82, 2.24) is 5.32 Å². The number of nitrogens with one attached hydrogen (secondary N) is 1. The average molecular weight is 449 g/mol. The fourth-order valence-corrected chi connectivity index (χ4v) is 4.31. The molecule has 0 spiro atoms. The summed E-state index contributed by atoms with van der Waals surface area (Å²) in [6, 6.07) is 18.2. The first-order chi connectivity index (χ1) is 15.3. The topological polar surface area (TPSA) is 69.6 Å². The lowest BCUT2D eigenvalue weighted by Crippen LogP contribution is -2.29. The van der Waals surface area contributed by atoms with E-state index in [0.717, 1.165) is 45.9 Å². The van der Waals surface area contributed by atoms with E-state index in [1.807, 2.05) is 38.1 Å². The number of nitrogens with zero attached hydrogens (tertiary/aromatic N) is 1. The molecule has 3 aromatic carbocycles. The fourth-order valence-electron chi connectivity index (χ4n) is 4.10. The minimum Gasteiger partial charge on any atom is -0.478 e. The van der Waals surface area contributed by atoms with E-state index >= 15 is 0 Å². The van der Waals surface area contributed by atoms with Crippen molar-refractivity contribution in [2.75, 3.05) is 11.4 Å². The molecule has 32 heavy (non-hydrogen) atoms. The first kappa shape index (κ1) is 21.9. The Morgan fingerprint density at radius 1 is 1.12 bits per heavy atom. The minimum absolute atomic E-state index is 0.148. The highest BCUT2D eigenvalue weighted by Crippen LogP contribution is 2.34. The Morgan fingerprint density at radius 3 is 2.56 bits per heavy atom. The van der Waals surface area contributed by atoms with Gasteiger partial charge in [-0.3, -0.25) is 4.79 Å². The van der Waals surface area contributed by atoms with Crippen molar-refractivity contribution in [2.24, 2.45) is 0 Å². The summed E-state index contributed by atoms with van der Waals surface area (Å²) in [5.74, 6) is -1.12. The second-order valence-electron chi connectivity index (χ2n) is 8.19. The highest BCUT2D eigenvalue weighted by atomic mass is 35.5. The van der Waals surface area contributed by atoms with Gasteiger partial charge in [-0.15, -0.1) is 0 Å². The monoisotopic (exact) mass is 448 g/mol. The molecular weight excluding hydrogens is 424 g/mol. The zero-order valence-corrected chi connectivity index (χ0v) is 18.8. The molecule has 3 aromatic rings. The Bertz CT molecular complexity index is 1170. The molecule has 0 saturated heterocycles. The first-order valence-corrected chi connectivity index (χ1v) is 11.0. The second kappa shape index (κ2) is 9.05. The summed E-state index contributed by atoms with van der Waals surface area (Å²) in [6.45, 7) is 5.40. The van der Waals surface area contributed by atoms with E-state index in [1.165, 1.54) is 0 Å². The molecule has 0 unspecified atom stereocenters. The van der Waals surface area contributed by atoms with Crippen LogP contribution in [0.4, 0.5) is 5.69 Å². The van der Waals surface area contributed by atoms with Crippen LogP contribution in [0, 0.1) is 6.92 Å². The van der Waals surface area contributed by atoms with Crippen LogP contribution in [-0.4, -0.2) is 23.5 Å². The predicted octanol–water partition coefficient (Wildman–Crippen LogP) is 5.40. The van der Waals surface area contributed by atoms with Gasteiger partial charge in [0.1, 0.15) is 0 Å². The summed E-state index contributed by atoms with van der Waals surface area (Å²) in [6.07, 6.45) is 0.891. The van der Waals surface area contributed by atoms with Gasteiger partial charge in [0.2, 0.25) is 0 Å². The van der Waals surface area contributed by atoms with Crippen LogP contribution in [-0.2, 0) is 13.0 Å². The van der Waals surface area contributed by atoms with E-state index in [0.29, 0.717) is 12.1 Å². The van der Waals surface area contributed by atoms with Crippen molar-refractivity contribution >= 4 is 29.2 Å². The van der Waals surface area contributed by atoms with Gasteiger partial charge in [0.15, 0.2) is 0 Å². The van der Waals surface area contributed by atoms with Gasteiger partial charge in [-0.1, -0.05) is 48.0 Å². The number of fused-ring (bicyclic) bond motifs is 1. The third-order valence-corrected chi connectivity index (χ3v) is 6.35. The molecule has 0 radical (unpaired) electrons. The Morgan fingerprint density at radius 2 is 1.88 bits per heavy atom. The van der Waals surface area contributed by atoms with Crippen LogP contribution in [0.1, 0.15) is 55.9 Å². The summed E-state index contributed by atoms with van der Waals surface area (Å²) in [7, 11) is 0. The molecule has 6 heteroatoms. The first-order valence-electron chi connectivity index (χ1n) is 10.6. The number of halogens is 1. The van der Waals surface area contributed by atoms with Crippen LogP contribution in [0.3, 0.4) is 0 Å². The molecule has 1 aliphatic heterocycles. The quantitative estimate of drug-likeness (QED) is 0.529. The maximum absolute atomic E-state index is 13.2. The number of para-hydroxylation sites is 1. The smallest absolute Gasteiger partial charge is 0.335 e. The van der Waals surface area contributed by atoms with Crippen molar-refractivity contribution in [2.45, 2.75) is 32.9 Å². The highest BCUT2D eigenvalue weighted by Gasteiger charge is 2.26. The van der Waals surface area contributed by atoms with E-state index < -0.39 is 5.97 Å². The third-order valence-electron chi connectivity index (χ3n) is 5.95. The molecular formula is C26H25ClN2O3. The number of aromatic carboxylic acids is 1. The fraction of sp³-hybridized carbons (Fsp3) is 0.231. The van der Waals surface area contributed by atoms with Gasteiger partial charge in [0.05, 0.1) is 22.9 Å². The van der Waals surface area contributed by atoms with Crippen LogP contribution in [0.5, 0.6) is 0 Å². The lowest BCUT2D eigenvalue weighted by atomic mass is 10.0. The lowest BCUT2D eigenvalue weighted by molar-refractivity contribution is 0.0696. The summed E-state index contributed by atoms with van der Waals surface area (Å²) < 4.78 is 0. The normalized spacial score (nSPS) is 13.5. The van der Waals surface area contributed by atoms with Gasteiger partial charge >= 0.3 is 5.97 Å². The Hall–Kier alpha value is -3.31. The third kappa shape index (κ3) is 4.48. The molecule has 0 bridgehead atoms. The van der Waals surface area contributed by atoms with Gasteiger partial charge in [0, 0.05) is 18.1 Å². The van der Waals surface area contributed by atoms with E-state index in [9.17, 15) is 9.59 Å². The van der Waals surface area contributed by atoms with Gasteiger partial charge in [-0.25, -0.2) is 4.79 Å². The van der Waals surface area contributed by atoms with Crippen molar-refractivity contribution in [3.8, 4) is 0 Å². The summed E-state index contributed by atoms with van der Waals surface area (Å²) in [4.78, 5) is 26.5. The molecule has 1 amide bonds. The molecule has 5 nitrogen and oxygen atoms in total. The second-order valence-corrected chi connectivity index (χ2v) is 8.60. The Kier molecular flexibility index (Phi) is 6.19. The number of hydrogen-bond donors (Lipinski definition) is 2. The standard InChI is InChI=1S/C26H25ClN2O3/c1-16-6-7-18(14-23(16)27)15-29-13-12-20-4-3-5-22(24(20)29)25(30)28-17(2)19-8-10-21(11-9-19)26(31)32/h3-11,14,17H,12-13,15H2,1-2H3,(H,28,30)(H,31,32)/t17-/m0/s1. The van der Waals surface area contributed by atoms with Crippen LogP contribution >= 0.6 is 11.6 Å². The van der Waals surface area contributed by atoms with Crippen LogP contribution in [0.25, 0.3) is 0 Å². The summed E-state index contributed by atoms with van der Waals surface area (Å²) in [5.41, 5.74) is 6.00. The molecule has 1 atom stereocenters. The van der Waals surface area contributed by atoms with Crippen molar-refractivity contribution in [3.63, 3.8) is 0 Å². The molecule has 164 valence electrons. The number of hydrogen-bond acceptors (Lipinski definition) is 3. The molecule has 0 aromatic heterocycles. The van der Waals surface area contributed by atoms with Gasteiger partial charge in [-0.2, -0.15) is 0 Å². The van der Waals surface area contributed by atoms with Crippen molar-refractivity contribution < 1.29 is 14.7 Å². The van der Waals surface area contributed by atoms with Crippen molar-refractivity contribution in [1.29, 1.82) is 0 Å². The molecule has 2 N–H and O–H groups in total. The lowest BCUT2D eigenvalue weighted by Gasteiger charge is -2.23.